The maximum Gasteiger partial charge on any atom is 0.304 e. The van der Waals surface area contributed by atoms with E-state index in [1.165, 1.54) is 0 Å². The molecule has 1 N–H and O–H groups in total. The highest BCUT2D eigenvalue weighted by Gasteiger charge is 2.29. The van der Waals surface area contributed by atoms with E-state index in [0.717, 1.165) is 32.6 Å². The van der Waals surface area contributed by atoms with Gasteiger partial charge in [0.25, 0.3) is 0 Å². The molecule has 1 unspecified atom stereocenters. The molecule has 0 aliphatic carbocycles. The van der Waals surface area contributed by atoms with Crippen LogP contribution in [0.2, 0.25) is 0 Å². The molecule has 4 nitrogen and oxygen atoms in total. The van der Waals surface area contributed by atoms with E-state index in [1.54, 1.807) is 0 Å². The first-order chi connectivity index (χ1) is 11.0. The second kappa shape index (κ2) is 6.24. The minimum Gasteiger partial charge on any atom is -0.486 e. The maximum atomic E-state index is 11.4. The monoisotopic (exact) mass is 375 g/mol. The van der Waals surface area contributed by atoms with Gasteiger partial charge in [0.2, 0.25) is 0 Å². The van der Waals surface area contributed by atoms with Crippen molar-refractivity contribution in [3.8, 4) is 5.75 Å². The van der Waals surface area contributed by atoms with Crippen LogP contribution in [0.15, 0.2) is 40.9 Å². The van der Waals surface area contributed by atoms with E-state index < -0.39 is 5.97 Å². The number of rotatable bonds is 3. The van der Waals surface area contributed by atoms with Gasteiger partial charge >= 0.3 is 5.97 Å². The van der Waals surface area contributed by atoms with Crippen LogP contribution in [-0.2, 0) is 11.4 Å². The Balaban J connectivity index is 2.24. The van der Waals surface area contributed by atoms with Gasteiger partial charge in [-0.05, 0) is 23.3 Å². The number of benzene rings is 2. The zero-order valence-electron chi connectivity index (χ0n) is 13.0. The summed E-state index contributed by atoms with van der Waals surface area (Å²) in [7, 11) is 3.91. The van der Waals surface area contributed by atoms with Gasteiger partial charge in [0, 0.05) is 30.0 Å². The van der Waals surface area contributed by atoms with E-state index in [2.05, 4.69) is 15.9 Å². The van der Waals surface area contributed by atoms with Gasteiger partial charge in [-0.2, -0.15) is 0 Å². The molecule has 2 aromatic rings. The molecule has 5 heteroatoms. The topological polar surface area (TPSA) is 49.8 Å². The second-order valence-corrected chi connectivity index (χ2v) is 6.79. The van der Waals surface area contributed by atoms with Gasteiger partial charge in [0.1, 0.15) is 12.4 Å². The molecule has 0 radical (unpaired) electrons. The third-order valence-electron chi connectivity index (χ3n) is 4.10. The molecule has 1 atom stereocenters. The molecule has 0 bridgehead atoms. The second-order valence-electron chi connectivity index (χ2n) is 5.88. The van der Waals surface area contributed by atoms with Crippen molar-refractivity contribution in [3.63, 3.8) is 0 Å². The molecule has 1 aliphatic rings. The molecule has 0 fully saturated rings. The minimum atomic E-state index is -0.816. The average Bonchev–Trinajstić information content (AvgIpc) is 2.64. The van der Waals surface area contributed by atoms with E-state index in [-0.39, 0.29) is 12.3 Å². The van der Waals surface area contributed by atoms with Gasteiger partial charge in [-0.1, -0.05) is 40.2 Å². The fourth-order valence-electron chi connectivity index (χ4n) is 3.07. The average molecular weight is 376 g/mol. The number of nitrogens with zero attached hydrogens (tertiary/aromatic N) is 1. The number of halogens is 1. The molecule has 120 valence electrons. The normalized spacial score (nSPS) is 15.9. The number of ether oxygens (including phenoxy) is 1. The Morgan fingerprint density at radius 1 is 1.30 bits per heavy atom. The molecule has 2 aromatic carbocycles. The molecular formula is C18H18BrNO3. The van der Waals surface area contributed by atoms with Crippen molar-refractivity contribution in [2.24, 2.45) is 0 Å². The summed E-state index contributed by atoms with van der Waals surface area (Å²) in [5.41, 5.74) is 3.92. The highest BCUT2D eigenvalue weighted by atomic mass is 79.9. The van der Waals surface area contributed by atoms with E-state index >= 15 is 0 Å². The lowest BCUT2D eigenvalue weighted by Gasteiger charge is -2.22. The Kier molecular flexibility index (Phi) is 4.31. The zero-order chi connectivity index (χ0) is 16.6. The predicted octanol–water partition coefficient (Wildman–Crippen LogP) is 4.01. The van der Waals surface area contributed by atoms with Crippen LogP contribution >= 0.6 is 15.9 Å². The van der Waals surface area contributed by atoms with E-state index in [4.69, 9.17) is 4.74 Å². The van der Waals surface area contributed by atoms with Crippen molar-refractivity contribution in [2.75, 3.05) is 19.0 Å². The lowest BCUT2D eigenvalue weighted by atomic mass is 9.86. The SMILES string of the molecule is CN(C)c1cc(Br)cc2c1OCc1ccccc1C2CC(=O)O. The molecule has 1 heterocycles. The summed E-state index contributed by atoms with van der Waals surface area (Å²) >= 11 is 3.54. The third-order valence-corrected chi connectivity index (χ3v) is 4.56. The number of fused-ring (bicyclic) bond motifs is 2. The van der Waals surface area contributed by atoms with Gasteiger partial charge in [-0.15, -0.1) is 0 Å². The number of carboxylic acids is 1. The molecule has 0 spiro atoms. The number of hydrogen-bond acceptors (Lipinski definition) is 3. The molecule has 0 amide bonds. The quantitative estimate of drug-likeness (QED) is 0.880. The summed E-state index contributed by atoms with van der Waals surface area (Å²) in [6.07, 6.45) is 0.0384. The largest absolute Gasteiger partial charge is 0.486 e. The maximum absolute atomic E-state index is 11.4. The van der Waals surface area contributed by atoms with Gasteiger partial charge in [-0.25, -0.2) is 0 Å². The summed E-state index contributed by atoms with van der Waals surface area (Å²) in [6, 6.07) is 11.9. The fourth-order valence-corrected chi connectivity index (χ4v) is 3.53. The van der Waals surface area contributed by atoms with E-state index in [1.807, 2.05) is 55.4 Å². The van der Waals surface area contributed by atoms with Gasteiger partial charge < -0.3 is 14.7 Å². The van der Waals surface area contributed by atoms with E-state index in [9.17, 15) is 9.90 Å². The summed E-state index contributed by atoms with van der Waals surface area (Å²) < 4.78 is 6.99. The van der Waals surface area contributed by atoms with Crippen LogP contribution in [-0.4, -0.2) is 25.2 Å². The first-order valence-electron chi connectivity index (χ1n) is 7.40. The minimum absolute atomic E-state index is 0.0384. The number of carboxylic acid groups (broad SMARTS) is 1. The first kappa shape index (κ1) is 15.9. The van der Waals surface area contributed by atoms with Crippen molar-refractivity contribution in [2.45, 2.75) is 18.9 Å². The first-order valence-corrected chi connectivity index (χ1v) is 8.20. The Morgan fingerprint density at radius 3 is 2.74 bits per heavy atom. The Bertz CT molecular complexity index is 758. The van der Waals surface area contributed by atoms with Crippen LogP contribution < -0.4 is 9.64 Å². The molecule has 0 saturated heterocycles. The van der Waals surface area contributed by atoms with Crippen LogP contribution in [0.5, 0.6) is 5.75 Å². The third kappa shape index (κ3) is 3.06. The van der Waals surface area contributed by atoms with Gasteiger partial charge in [0.05, 0.1) is 12.1 Å². The predicted molar refractivity (Wildman–Crippen MR) is 93.3 cm³/mol. The Hall–Kier alpha value is -2.01. The van der Waals surface area contributed by atoms with Crippen molar-refractivity contribution in [1.82, 2.24) is 0 Å². The molecule has 23 heavy (non-hydrogen) atoms. The van der Waals surface area contributed by atoms with Crippen molar-refractivity contribution in [1.29, 1.82) is 0 Å². The summed E-state index contributed by atoms with van der Waals surface area (Å²) in [5.74, 6) is -0.276. The highest BCUT2D eigenvalue weighted by molar-refractivity contribution is 9.10. The van der Waals surface area contributed by atoms with Crippen LogP contribution in [0.25, 0.3) is 0 Å². The van der Waals surface area contributed by atoms with Crippen molar-refractivity contribution in [3.05, 3.63) is 57.6 Å². The van der Waals surface area contributed by atoms with Gasteiger partial charge in [0.15, 0.2) is 0 Å². The van der Waals surface area contributed by atoms with Crippen LogP contribution in [0.4, 0.5) is 5.69 Å². The number of carbonyl (C=O) groups is 1. The summed E-state index contributed by atoms with van der Waals surface area (Å²) in [6.45, 7) is 0.446. The Morgan fingerprint density at radius 2 is 2.04 bits per heavy atom. The molecule has 1 aliphatic heterocycles. The van der Waals surface area contributed by atoms with Crippen LogP contribution in [0.3, 0.4) is 0 Å². The smallest absolute Gasteiger partial charge is 0.304 e. The highest BCUT2D eigenvalue weighted by Crippen LogP contribution is 2.45. The summed E-state index contributed by atoms with van der Waals surface area (Å²) in [4.78, 5) is 13.4. The lowest BCUT2D eigenvalue weighted by Crippen LogP contribution is -2.13. The van der Waals surface area contributed by atoms with Crippen LogP contribution in [0, 0.1) is 0 Å². The molecule has 0 aromatic heterocycles. The number of hydrogen-bond donors (Lipinski definition) is 1. The number of anilines is 1. The standard InChI is InChI=1S/C18H18BrNO3/c1-20(2)16-8-12(19)7-15-14(9-17(21)22)13-6-4-3-5-11(13)10-23-18(15)16/h3-8,14H,9-10H2,1-2H3,(H,21,22). The Labute approximate surface area is 143 Å². The van der Waals surface area contributed by atoms with Crippen molar-refractivity contribution < 1.29 is 14.6 Å². The zero-order valence-corrected chi connectivity index (χ0v) is 14.6. The van der Waals surface area contributed by atoms with Crippen LogP contribution in [0.1, 0.15) is 29.0 Å². The van der Waals surface area contributed by atoms with E-state index in [0.29, 0.717) is 6.61 Å². The van der Waals surface area contributed by atoms with Crippen molar-refractivity contribution >= 4 is 27.6 Å². The number of aliphatic carboxylic acids is 1. The van der Waals surface area contributed by atoms with Gasteiger partial charge in [-0.3, -0.25) is 4.79 Å². The lowest BCUT2D eigenvalue weighted by molar-refractivity contribution is -0.137. The molecule has 3 rings (SSSR count). The fraction of sp³-hybridized carbons (Fsp3) is 0.278. The molecular weight excluding hydrogens is 358 g/mol. The summed E-state index contributed by atoms with van der Waals surface area (Å²) in [5, 5.41) is 9.39. The molecule has 0 saturated carbocycles.